The van der Waals surface area contributed by atoms with Crippen LogP contribution in [0.4, 0.5) is 5.82 Å². The second-order valence-electron chi connectivity index (χ2n) is 10.00. The molecule has 1 fully saturated rings. The first-order chi connectivity index (χ1) is 17.7. The summed E-state index contributed by atoms with van der Waals surface area (Å²) >= 11 is 0. The molecule has 2 aromatic heterocycles. The predicted molar refractivity (Wildman–Crippen MR) is 143 cm³/mol. The SMILES string of the molecule is Cc1coc(-c2ccc3c(c2)Cc2nc(Cc4ccccc4)nc(NCCCN4CCCCC4)c2-3)n1. The smallest absolute Gasteiger partial charge is 0.226 e. The molecule has 0 unspecified atom stereocenters. The molecule has 0 spiro atoms. The molecule has 6 rings (SSSR count). The van der Waals surface area contributed by atoms with Gasteiger partial charge in [0.2, 0.25) is 5.89 Å². The number of hydrogen-bond donors (Lipinski definition) is 1. The van der Waals surface area contributed by atoms with E-state index in [-0.39, 0.29) is 0 Å². The quantitative estimate of drug-likeness (QED) is 0.280. The van der Waals surface area contributed by atoms with Gasteiger partial charge < -0.3 is 14.6 Å². The van der Waals surface area contributed by atoms with Crippen molar-refractivity contribution in [1.29, 1.82) is 0 Å². The first-order valence-corrected chi connectivity index (χ1v) is 13.2. The number of nitrogens with one attached hydrogen (secondary N) is 1. The summed E-state index contributed by atoms with van der Waals surface area (Å²) < 4.78 is 5.66. The van der Waals surface area contributed by atoms with Gasteiger partial charge in [-0.05, 0) is 74.6 Å². The van der Waals surface area contributed by atoms with E-state index in [9.17, 15) is 0 Å². The lowest BCUT2D eigenvalue weighted by Crippen LogP contribution is -2.31. The summed E-state index contributed by atoms with van der Waals surface area (Å²) in [5, 5.41) is 3.69. The molecule has 0 radical (unpaired) electrons. The molecule has 6 heteroatoms. The maximum absolute atomic E-state index is 5.66. The Bertz CT molecular complexity index is 1340. The molecule has 0 atom stereocenters. The Morgan fingerprint density at radius 2 is 1.83 bits per heavy atom. The van der Waals surface area contributed by atoms with Gasteiger partial charge >= 0.3 is 0 Å². The number of nitrogens with zero attached hydrogens (tertiary/aromatic N) is 4. The normalized spacial score (nSPS) is 15.0. The van der Waals surface area contributed by atoms with E-state index in [1.165, 1.54) is 49.0 Å². The third-order valence-electron chi connectivity index (χ3n) is 7.23. The van der Waals surface area contributed by atoms with E-state index in [2.05, 4.69) is 57.7 Å². The summed E-state index contributed by atoms with van der Waals surface area (Å²) in [6.07, 6.45) is 8.39. The summed E-state index contributed by atoms with van der Waals surface area (Å²) in [7, 11) is 0. The molecule has 184 valence electrons. The Morgan fingerprint density at radius 3 is 2.64 bits per heavy atom. The van der Waals surface area contributed by atoms with Crippen molar-refractivity contribution < 1.29 is 4.42 Å². The second-order valence-corrected chi connectivity index (χ2v) is 10.00. The fourth-order valence-corrected chi connectivity index (χ4v) is 5.43. The van der Waals surface area contributed by atoms with Gasteiger partial charge in [0.15, 0.2) is 0 Å². The van der Waals surface area contributed by atoms with Gasteiger partial charge in [0, 0.05) is 30.5 Å². The number of piperidine rings is 1. The highest BCUT2D eigenvalue weighted by molar-refractivity contribution is 5.85. The van der Waals surface area contributed by atoms with Gasteiger partial charge in [-0.2, -0.15) is 0 Å². The van der Waals surface area contributed by atoms with E-state index < -0.39 is 0 Å². The van der Waals surface area contributed by atoms with Gasteiger partial charge in [-0.1, -0.05) is 42.8 Å². The van der Waals surface area contributed by atoms with E-state index in [0.717, 1.165) is 66.5 Å². The number of likely N-dealkylation sites (tertiary alicyclic amines) is 1. The minimum absolute atomic E-state index is 0.665. The minimum atomic E-state index is 0.665. The number of oxazole rings is 1. The van der Waals surface area contributed by atoms with Crippen LogP contribution in [0.1, 0.15) is 54.0 Å². The number of anilines is 1. The molecular weight excluding hydrogens is 446 g/mol. The first kappa shape index (κ1) is 22.9. The average Bonchev–Trinajstić information content (AvgIpc) is 3.50. The number of fused-ring (bicyclic) bond motifs is 3. The average molecular weight is 480 g/mol. The van der Waals surface area contributed by atoms with Crippen molar-refractivity contribution in [2.75, 3.05) is 31.5 Å². The van der Waals surface area contributed by atoms with Gasteiger partial charge in [0.1, 0.15) is 17.9 Å². The van der Waals surface area contributed by atoms with Crippen LogP contribution in [0.15, 0.2) is 59.2 Å². The van der Waals surface area contributed by atoms with E-state index >= 15 is 0 Å². The number of aryl methyl sites for hydroxylation is 1. The molecule has 0 bridgehead atoms. The molecule has 1 aliphatic carbocycles. The predicted octanol–water partition coefficient (Wildman–Crippen LogP) is 5.89. The first-order valence-electron chi connectivity index (χ1n) is 13.2. The lowest BCUT2D eigenvalue weighted by atomic mass is 10.0. The molecule has 2 aliphatic rings. The molecule has 4 aromatic rings. The Hall–Kier alpha value is -3.51. The molecule has 0 saturated carbocycles. The van der Waals surface area contributed by atoms with Crippen molar-refractivity contribution in [3.05, 3.63) is 83.1 Å². The van der Waals surface area contributed by atoms with Crippen LogP contribution in [-0.4, -0.2) is 46.0 Å². The summed E-state index contributed by atoms with van der Waals surface area (Å²) in [5.74, 6) is 2.50. The van der Waals surface area contributed by atoms with Crippen LogP contribution in [-0.2, 0) is 12.8 Å². The summed E-state index contributed by atoms with van der Waals surface area (Å²) in [6, 6.07) is 16.9. The van der Waals surface area contributed by atoms with Crippen LogP contribution in [0.25, 0.3) is 22.6 Å². The zero-order chi connectivity index (χ0) is 24.3. The molecule has 6 nitrogen and oxygen atoms in total. The molecular formula is C30H33N5O. The number of benzene rings is 2. The number of aromatic nitrogens is 3. The Kier molecular flexibility index (Phi) is 6.51. The maximum atomic E-state index is 5.66. The Balaban J connectivity index is 1.27. The van der Waals surface area contributed by atoms with Gasteiger partial charge in [-0.25, -0.2) is 15.0 Å². The summed E-state index contributed by atoms with van der Waals surface area (Å²) in [5.41, 5.74) is 7.83. The molecule has 1 saturated heterocycles. The van der Waals surface area contributed by atoms with Crippen LogP contribution < -0.4 is 5.32 Å². The zero-order valence-corrected chi connectivity index (χ0v) is 21.0. The molecule has 0 amide bonds. The van der Waals surface area contributed by atoms with Gasteiger partial charge in [-0.3, -0.25) is 0 Å². The topological polar surface area (TPSA) is 67.1 Å². The molecule has 36 heavy (non-hydrogen) atoms. The van der Waals surface area contributed by atoms with Gasteiger partial charge in [0.05, 0.1) is 11.4 Å². The third-order valence-corrected chi connectivity index (χ3v) is 7.23. The van der Waals surface area contributed by atoms with Crippen LogP contribution >= 0.6 is 0 Å². The van der Waals surface area contributed by atoms with Crippen LogP contribution in [0.5, 0.6) is 0 Å². The van der Waals surface area contributed by atoms with E-state index in [1.807, 2.05) is 13.0 Å². The highest BCUT2D eigenvalue weighted by atomic mass is 16.3. The fraction of sp³-hybridized carbons (Fsp3) is 0.367. The standard InChI is InChI=1S/C30H33N5O/c1-21-20-36-30(32-21)23-11-12-25-24(18-23)19-26-28(25)29(31-13-8-16-35-14-6-3-7-15-35)34-27(33-26)17-22-9-4-2-5-10-22/h2,4-5,9-12,18,20H,3,6-8,13-17,19H2,1H3,(H,31,33,34). The molecule has 3 heterocycles. The molecule has 2 aromatic carbocycles. The lowest BCUT2D eigenvalue weighted by Gasteiger charge is -2.26. The zero-order valence-electron chi connectivity index (χ0n) is 21.0. The van der Waals surface area contributed by atoms with Crippen molar-refractivity contribution >= 4 is 5.82 Å². The monoisotopic (exact) mass is 479 g/mol. The van der Waals surface area contributed by atoms with E-state index in [4.69, 9.17) is 14.4 Å². The Morgan fingerprint density at radius 1 is 0.972 bits per heavy atom. The van der Waals surface area contributed by atoms with Crippen molar-refractivity contribution in [1.82, 2.24) is 19.9 Å². The highest BCUT2D eigenvalue weighted by Gasteiger charge is 2.26. The van der Waals surface area contributed by atoms with Crippen LogP contribution in [0.2, 0.25) is 0 Å². The van der Waals surface area contributed by atoms with Crippen molar-refractivity contribution in [2.24, 2.45) is 0 Å². The van der Waals surface area contributed by atoms with Crippen molar-refractivity contribution in [3.8, 4) is 22.6 Å². The highest BCUT2D eigenvalue weighted by Crippen LogP contribution is 2.41. The molecule has 1 N–H and O–H groups in total. The van der Waals surface area contributed by atoms with Crippen LogP contribution in [0.3, 0.4) is 0 Å². The Labute approximate surface area is 212 Å². The fourth-order valence-electron chi connectivity index (χ4n) is 5.43. The van der Waals surface area contributed by atoms with Crippen LogP contribution in [0, 0.1) is 6.92 Å². The maximum Gasteiger partial charge on any atom is 0.226 e. The summed E-state index contributed by atoms with van der Waals surface area (Å²) in [4.78, 5) is 17.2. The largest absolute Gasteiger partial charge is 0.444 e. The van der Waals surface area contributed by atoms with Gasteiger partial charge in [0.25, 0.3) is 0 Å². The summed E-state index contributed by atoms with van der Waals surface area (Å²) in [6.45, 7) is 6.48. The lowest BCUT2D eigenvalue weighted by molar-refractivity contribution is 0.228. The van der Waals surface area contributed by atoms with Gasteiger partial charge in [-0.15, -0.1) is 0 Å². The van der Waals surface area contributed by atoms with E-state index in [0.29, 0.717) is 5.89 Å². The van der Waals surface area contributed by atoms with Crippen molar-refractivity contribution in [3.63, 3.8) is 0 Å². The molecule has 1 aliphatic heterocycles. The number of hydrogen-bond acceptors (Lipinski definition) is 6. The van der Waals surface area contributed by atoms with E-state index in [1.54, 1.807) is 6.26 Å². The second kappa shape index (κ2) is 10.2. The third kappa shape index (κ3) is 4.91. The van der Waals surface area contributed by atoms with Crippen molar-refractivity contribution in [2.45, 2.75) is 45.4 Å². The minimum Gasteiger partial charge on any atom is -0.444 e. The number of rotatable bonds is 8.